The number of anilines is 1. The van der Waals surface area contributed by atoms with Crippen molar-refractivity contribution in [2.45, 2.75) is 12.8 Å². The Kier molecular flexibility index (Phi) is 8.16. The Bertz CT molecular complexity index is 730. The molecule has 2 heterocycles. The highest BCUT2D eigenvalue weighted by atomic mass is 35.5. The number of carbonyl (C=O) groups excluding carboxylic acids is 2. The van der Waals surface area contributed by atoms with Crippen LogP contribution in [0.2, 0.25) is 0 Å². The van der Waals surface area contributed by atoms with Gasteiger partial charge in [0, 0.05) is 18.3 Å². The number of furan rings is 1. The highest BCUT2D eigenvalue weighted by Gasteiger charge is 2.14. The molecule has 1 saturated heterocycles. The van der Waals surface area contributed by atoms with Crippen LogP contribution < -0.4 is 20.7 Å². The Morgan fingerprint density at radius 2 is 2.15 bits per heavy atom. The van der Waals surface area contributed by atoms with E-state index >= 15 is 0 Å². The molecule has 1 aliphatic rings. The molecule has 146 valence electrons. The lowest BCUT2D eigenvalue weighted by atomic mass is 10.1. The Morgan fingerprint density at radius 1 is 1.26 bits per heavy atom. The number of ether oxygens (including phenoxy) is 1. The third kappa shape index (κ3) is 6.62. The van der Waals surface area contributed by atoms with E-state index in [1.165, 1.54) is 12.7 Å². The summed E-state index contributed by atoms with van der Waals surface area (Å²) in [6.07, 6.45) is 3.59. The van der Waals surface area contributed by atoms with Crippen molar-refractivity contribution in [2.75, 3.05) is 31.6 Å². The van der Waals surface area contributed by atoms with Crippen LogP contribution in [-0.2, 0) is 4.79 Å². The van der Waals surface area contributed by atoms with Gasteiger partial charge in [-0.2, -0.15) is 0 Å². The van der Waals surface area contributed by atoms with E-state index in [1.54, 1.807) is 36.4 Å². The van der Waals surface area contributed by atoms with E-state index in [0.29, 0.717) is 23.9 Å². The number of hydrogen-bond donors (Lipinski definition) is 3. The van der Waals surface area contributed by atoms with Crippen LogP contribution >= 0.6 is 12.4 Å². The van der Waals surface area contributed by atoms with Crippen LogP contribution in [0.1, 0.15) is 23.4 Å². The first kappa shape index (κ1) is 20.8. The predicted octanol–water partition coefficient (Wildman–Crippen LogP) is 2.45. The third-order valence-corrected chi connectivity index (χ3v) is 4.24. The maximum Gasteiger partial charge on any atom is 0.291 e. The van der Waals surface area contributed by atoms with Crippen LogP contribution in [0.15, 0.2) is 47.1 Å². The maximum absolute atomic E-state index is 12.0. The summed E-state index contributed by atoms with van der Waals surface area (Å²) in [6, 6.07) is 10.1. The molecule has 2 amide bonds. The van der Waals surface area contributed by atoms with Crippen LogP contribution in [0.5, 0.6) is 5.75 Å². The molecule has 1 fully saturated rings. The molecule has 8 heteroatoms. The lowest BCUT2D eigenvalue weighted by Gasteiger charge is -2.11. The lowest BCUT2D eigenvalue weighted by Crippen LogP contribution is -2.30. The van der Waals surface area contributed by atoms with Gasteiger partial charge in [0.25, 0.3) is 11.8 Å². The molecular weight excluding hydrogens is 370 g/mol. The summed E-state index contributed by atoms with van der Waals surface area (Å²) < 4.78 is 10.6. The molecular formula is C19H24ClN3O4. The highest BCUT2D eigenvalue weighted by molar-refractivity contribution is 6.02. The van der Waals surface area contributed by atoms with Crippen molar-refractivity contribution in [1.82, 2.24) is 10.6 Å². The SMILES string of the molecule is Cl.O=C(COc1cccc(NC(=O)c2ccco2)c1)NCCC1CCNC1. The largest absolute Gasteiger partial charge is 0.484 e. The van der Waals surface area contributed by atoms with E-state index < -0.39 is 0 Å². The minimum Gasteiger partial charge on any atom is -0.484 e. The number of halogens is 1. The Morgan fingerprint density at radius 3 is 2.89 bits per heavy atom. The lowest BCUT2D eigenvalue weighted by molar-refractivity contribution is -0.123. The minimum atomic E-state index is -0.341. The fraction of sp³-hybridized carbons (Fsp3) is 0.368. The summed E-state index contributed by atoms with van der Waals surface area (Å²) in [7, 11) is 0. The molecule has 0 radical (unpaired) electrons. The first-order valence-corrected chi connectivity index (χ1v) is 8.76. The third-order valence-electron chi connectivity index (χ3n) is 4.24. The molecule has 1 aromatic carbocycles. The van der Waals surface area contributed by atoms with E-state index in [-0.39, 0.29) is 36.6 Å². The Labute approximate surface area is 164 Å². The van der Waals surface area contributed by atoms with Crippen molar-refractivity contribution in [2.24, 2.45) is 5.92 Å². The first-order valence-electron chi connectivity index (χ1n) is 8.76. The first-order chi connectivity index (χ1) is 12.7. The predicted molar refractivity (Wildman–Crippen MR) is 104 cm³/mol. The second kappa shape index (κ2) is 10.6. The number of amides is 2. The second-order valence-electron chi connectivity index (χ2n) is 6.25. The van der Waals surface area contributed by atoms with E-state index in [4.69, 9.17) is 9.15 Å². The molecule has 0 aliphatic carbocycles. The fourth-order valence-electron chi connectivity index (χ4n) is 2.84. The number of rotatable bonds is 8. The smallest absolute Gasteiger partial charge is 0.291 e. The Hall–Kier alpha value is -2.51. The van der Waals surface area contributed by atoms with Gasteiger partial charge >= 0.3 is 0 Å². The zero-order chi connectivity index (χ0) is 18.2. The van der Waals surface area contributed by atoms with Gasteiger partial charge in [0.1, 0.15) is 5.75 Å². The molecule has 1 unspecified atom stereocenters. The zero-order valence-corrected chi connectivity index (χ0v) is 15.7. The molecule has 1 aromatic heterocycles. The van der Waals surface area contributed by atoms with Gasteiger partial charge in [-0.1, -0.05) is 6.07 Å². The van der Waals surface area contributed by atoms with Crippen molar-refractivity contribution >= 4 is 29.9 Å². The zero-order valence-electron chi connectivity index (χ0n) is 14.9. The summed E-state index contributed by atoms with van der Waals surface area (Å²) in [5.74, 6) is 0.892. The average Bonchev–Trinajstić information content (AvgIpc) is 3.34. The number of benzene rings is 1. The van der Waals surface area contributed by atoms with Crippen LogP contribution in [-0.4, -0.2) is 38.1 Å². The highest BCUT2D eigenvalue weighted by Crippen LogP contribution is 2.18. The van der Waals surface area contributed by atoms with Crippen molar-refractivity contribution in [1.29, 1.82) is 0 Å². The second-order valence-corrected chi connectivity index (χ2v) is 6.25. The van der Waals surface area contributed by atoms with Gasteiger partial charge in [-0.05, 0) is 56.1 Å². The number of carbonyl (C=O) groups is 2. The van der Waals surface area contributed by atoms with Gasteiger partial charge in [0.15, 0.2) is 12.4 Å². The summed E-state index contributed by atoms with van der Waals surface area (Å²) in [5, 5.41) is 8.90. The average molecular weight is 394 g/mol. The molecule has 3 rings (SSSR count). The van der Waals surface area contributed by atoms with E-state index in [1.807, 2.05) is 0 Å². The van der Waals surface area contributed by atoms with Crippen molar-refractivity contribution in [3.63, 3.8) is 0 Å². The van der Waals surface area contributed by atoms with E-state index in [0.717, 1.165) is 19.5 Å². The summed E-state index contributed by atoms with van der Waals surface area (Å²) >= 11 is 0. The molecule has 1 atom stereocenters. The maximum atomic E-state index is 12.0. The fourth-order valence-corrected chi connectivity index (χ4v) is 2.84. The van der Waals surface area contributed by atoms with Gasteiger partial charge in [-0.15, -0.1) is 12.4 Å². The van der Waals surface area contributed by atoms with Gasteiger partial charge in [-0.25, -0.2) is 0 Å². The van der Waals surface area contributed by atoms with Crippen LogP contribution in [0.25, 0.3) is 0 Å². The summed E-state index contributed by atoms with van der Waals surface area (Å²) in [6.45, 7) is 2.70. The van der Waals surface area contributed by atoms with Crippen LogP contribution in [0.3, 0.4) is 0 Å². The topological polar surface area (TPSA) is 92.6 Å². The van der Waals surface area contributed by atoms with Gasteiger partial charge < -0.3 is 25.1 Å². The van der Waals surface area contributed by atoms with Gasteiger partial charge in [0.2, 0.25) is 0 Å². The number of hydrogen-bond acceptors (Lipinski definition) is 5. The molecule has 27 heavy (non-hydrogen) atoms. The normalized spacial score (nSPS) is 15.6. The van der Waals surface area contributed by atoms with Crippen molar-refractivity contribution in [3.8, 4) is 5.75 Å². The molecule has 3 N–H and O–H groups in total. The molecule has 7 nitrogen and oxygen atoms in total. The van der Waals surface area contributed by atoms with Gasteiger partial charge in [0.05, 0.1) is 6.26 Å². The van der Waals surface area contributed by atoms with E-state index in [9.17, 15) is 9.59 Å². The Balaban J connectivity index is 0.00000261. The van der Waals surface area contributed by atoms with Crippen molar-refractivity contribution in [3.05, 3.63) is 48.4 Å². The van der Waals surface area contributed by atoms with Crippen LogP contribution in [0.4, 0.5) is 5.69 Å². The molecule has 0 spiro atoms. The van der Waals surface area contributed by atoms with Gasteiger partial charge in [-0.3, -0.25) is 9.59 Å². The standard InChI is InChI=1S/C19H23N3O4.ClH/c23-18(21-9-7-14-6-8-20-12-14)13-26-16-4-1-3-15(11-16)22-19(24)17-5-2-10-25-17;/h1-5,10-11,14,20H,6-9,12-13H2,(H,21,23)(H,22,24);1H. The minimum absolute atomic E-state index is 0. The molecule has 2 aromatic rings. The van der Waals surface area contributed by atoms with Crippen molar-refractivity contribution < 1.29 is 18.7 Å². The monoisotopic (exact) mass is 393 g/mol. The molecule has 1 aliphatic heterocycles. The quantitative estimate of drug-likeness (QED) is 0.640. The summed E-state index contributed by atoms with van der Waals surface area (Å²) in [5.41, 5.74) is 0.568. The molecule has 0 saturated carbocycles. The van der Waals surface area contributed by atoms with E-state index in [2.05, 4.69) is 16.0 Å². The number of nitrogens with one attached hydrogen (secondary N) is 3. The molecule has 0 bridgehead atoms. The van der Waals surface area contributed by atoms with Crippen LogP contribution in [0, 0.1) is 5.92 Å². The summed E-state index contributed by atoms with van der Waals surface area (Å²) in [4.78, 5) is 23.8.